The molecule has 26 heavy (non-hydrogen) atoms. The largest absolute Gasteiger partial charge is 0.384 e. The predicted octanol–water partition coefficient (Wildman–Crippen LogP) is 1.16. The van der Waals surface area contributed by atoms with Crippen LogP contribution in [-0.2, 0) is 20.1 Å². The minimum absolute atomic E-state index is 0.0398. The summed E-state index contributed by atoms with van der Waals surface area (Å²) in [7, 11) is 3.18. The second kappa shape index (κ2) is 8.14. The number of rotatable bonds is 7. The lowest BCUT2D eigenvalue weighted by Crippen LogP contribution is -2.43. The molecule has 0 aliphatic heterocycles. The molecule has 0 fully saturated rings. The van der Waals surface area contributed by atoms with Crippen LogP contribution in [0.25, 0.3) is 0 Å². The van der Waals surface area contributed by atoms with Crippen molar-refractivity contribution in [2.24, 2.45) is 7.05 Å². The molecule has 0 atom stereocenters. The second-order valence-electron chi connectivity index (χ2n) is 6.58. The number of nitrogens with two attached hydrogens (primary N) is 1. The monoisotopic (exact) mass is 358 g/mol. The molecule has 0 unspecified atom stereocenters. The first-order valence-electron chi connectivity index (χ1n) is 8.63. The lowest BCUT2D eigenvalue weighted by atomic mass is 10.1. The van der Waals surface area contributed by atoms with Gasteiger partial charge in [0.25, 0.3) is 5.56 Å². The maximum Gasteiger partial charge on any atom is 0.332 e. The Morgan fingerprint density at radius 3 is 2.50 bits per heavy atom. The van der Waals surface area contributed by atoms with Gasteiger partial charge in [-0.3, -0.25) is 23.6 Å². The maximum atomic E-state index is 12.7. The molecule has 0 radical (unpaired) electrons. The molecule has 0 spiro atoms. The molecule has 1 aromatic carbocycles. The van der Waals surface area contributed by atoms with Crippen LogP contribution in [0.3, 0.4) is 0 Å². The maximum absolute atomic E-state index is 12.7. The lowest BCUT2D eigenvalue weighted by molar-refractivity contribution is 0.0941. The molecule has 7 heteroatoms. The first-order chi connectivity index (χ1) is 12.3. The zero-order chi connectivity index (χ0) is 19.4. The van der Waals surface area contributed by atoms with E-state index < -0.39 is 11.2 Å². The third-order valence-corrected chi connectivity index (χ3v) is 4.42. The van der Waals surface area contributed by atoms with E-state index in [0.717, 1.165) is 15.7 Å². The van der Waals surface area contributed by atoms with Crippen LogP contribution in [0.5, 0.6) is 0 Å². The molecule has 2 N–H and O–H groups in total. The van der Waals surface area contributed by atoms with Gasteiger partial charge in [0.1, 0.15) is 11.4 Å². The number of aryl methyl sites for hydroxylation is 1. The SMILES string of the molecule is CCCn1c(N)c(C(=O)CN(C)Cc2ccccc2C)c(=O)n(C)c1=O. The Labute approximate surface area is 152 Å². The highest BCUT2D eigenvalue weighted by atomic mass is 16.2. The van der Waals surface area contributed by atoms with Crippen molar-refractivity contribution in [2.45, 2.75) is 33.4 Å². The van der Waals surface area contributed by atoms with Crippen molar-refractivity contribution in [1.82, 2.24) is 14.0 Å². The van der Waals surface area contributed by atoms with Crippen LogP contribution >= 0.6 is 0 Å². The minimum atomic E-state index is -0.644. The van der Waals surface area contributed by atoms with E-state index in [4.69, 9.17) is 5.73 Å². The van der Waals surface area contributed by atoms with Crippen molar-refractivity contribution in [3.05, 3.63) is 61.8 Å². The molecule has 0 amide bonds. The van der Waals surface area contributed by atoms with E-state index in [-0.39, 0.29) is 23.7 Å². The van der Waals surface area contributed by atoms with Gasteiger partial charge in [0.05, 0.1) is 6.54 Å². The third kappa shape index (κ3) is 3.94. The van der Waals surface area contributed by atoms with Gasteiger partial charge in [0.15, 0.2) is 5.78 Å². The summed E-state index contributed by atoms with van der Waals surface area (Å²) >= 11 is 0. The molecule has 0 saturated heterocycles. The first kappa shape index (κ1) is 19.7. The average molecular weight is 358 g/mol. The van der Waals surface area contributed by atoms with Crippen LogP contribution in [0.2, 0.25) is 0 Å². The van der Waals surface area contributed by atoms with Crippen molar-refractivity contribution < 1.29 is 4.79 Å². The number of benzene rings is 1. The number of aromatic nitrogens is 2. The molecule has 0 bridgehead atoms. The van der Waals surface area contributed by atoms with Gasteiger partial charge in [-0.2, -0.15) is 0 Å². The van der Waals surface area contributed by atoms with E-state index in [1.807, 2.05) is 50.1 Å². The summed E-state index contributed by atoms with van der Waals surface area (Å²) in [5, 5.41) is 0. The van der Waals surface area contributed by atoms with E-state index in [2.05, 4.69) is 0 Å². The van der Waals surface area contributed by atoms with Crippen LogP contribution in [0.15, 0.2) is 33.9 Å². The van der Waals surface area contributed by atoms with Crippen molar-refractivity contribution in [1.29, 1.82) is 0 Å². The summed E-state index contributed by atoms with van der Waals surface area (Å²) in [5.41, 5.74) is 6.99. The standard InChI is InChI=1S/C19H26N4O3/c1-5-10-23-17(20)16(18(25)22(4)19(23)26)15(24)12-21(3)11-14-9-7-6-8-13(14)2/h6-9H,5,10-12,20H2,1-4H3. The fraction of sp³-hybridized carbons (Fsp3) is 0.421. The molecule has 140 valence electrons. The molecule has 0 aliphatic carbocycles. The van der Waals surface area contributed by atoms with Gasteiger partial charge in [0.2, 0.25) is 0 Å². The lowest BCUT2D eigenvalue weighted by Gasteiger charge is -2.19. The Bertz CT molecular complexity index is 927. The number of hydrogen-bond acceptors (Lipinski definition) is 5. The zero-order valence-corrected chi connectivity index (χ0v) is 15.8. The molecule has 7 nitrogen and oxygen atoms in total. The number of carbonyl (C=O) groups is 1. The Hall–Kier alpha value is -2.67. The van der Waals surface area contributed by atoms with Crippen LogP contribution in [-0.4, -0.2) is 33.4 Å². The predicted molar refractivity (Wildman–Crippen MR) is 102 cm³/mol. The number of nitrogen functional groups attached to an aromatic ring is 1. The number of nitrogens with zero attached hydrogens (tertiary/aromatic N) is 3. The van der Waals surface area contributed by atoms with Gasteiger partial charge < -0.3 is 5.73 Å². The fourth-order valence-electron chi connectivity index (χ4n) is 2.94. The smallest absolute Gasteiger partial charge is 0.332 e. The second-order valence-corrected chi connectivity index (χ2v) is 6.58. The van der Waals surface area contributed by atoms with E-state index in [0.29, 0.717) is 19.5 Å². The number of anilines is 1. The van der Waals surface area contributed by atoms with E-state index in [1.54, 1.807) is 0 Å². The highest BCUT2D eigenvalue weighted by Gasteiger charge is 2.22. The summed E-state index contributed by atoms with van der Waals surface area (Å²) in [6, 6.07) is 7.93. The van der Waals surface area contributed by atoms with Crippen molar-refractivity contribution in [3.63, 3.8) is 0 Å². The average Bonchev–Trinajstić information content (AvgIpc) is 2.59. The summed E-state index contributed by atoms with van der Waals surface area (Å²) in [6.07, 6.45) is 0.670. The van der Waals surface area contributed by atoms with Gasteiger partial charge in [-0.15, -0.1) is 0 Å². The van der Waals surface area contributed by atoms with Crippen molar-refractivity contribution in [3.8, 4) is 0 Å². The highest BCUT2D eigenvalue weighted by molar-refractivity contribution is 6.01. The zero-order valence-electron chi connectivity index (χ0n) is 15.8. The Morgan fingerprint density at radius 2 is 1.88 bits per heavy atom. The molecule has 1 aromatic heterocycles. The molecule has 0 aliphatic rings. The van der Waals surface area contributed by atoms with E-state index >= 15 is 0 Å². The fourth-order valence-corrected chi connectivity index (χ4v) is 2.94. The number of hydrogen-bond donors (Lipinski definition) is 1. The van der Waals surface area contributed by atoms with Gasteiger partial charge in [0, 0.05) is 20.1 Å². The Morgan fingerprint density at radius 1 is 1.23 bits per heavy atom. The van der Waals surface area contributed by atoms with Gasteiger partial charge in [-0.05, 0) is 31.5 Å². The van der Waals surface area contributed by atoms with Gasteiger partial charge >= 0.3 is 5.69 Å². The quantitative estimate of drug-likeness (QED) is 0.750. The summed E-state index contributed by atoms with van der Waals surface area (Å²) in [6.45, 7) is 4.89. The van der Waals surface area contributed by atoms with Gasteiger partial charge in [-0.1, -0.05) is 31.2 Å². The topological polar surface area (TPSA) is 90.3 Å². The summed E-state index contributed by atoms with van der Waals surface area (Å²) < 4.78 is 2.23. The first-order valence-corrected chi connectivity index (χ1v) is 8.63. The minimum Gasteiger partial charge on any atom is -0.384 e. The van der Waals surface area contributed by atoms with Crippen LogP contribution in [0, 0.1) is 6.92 Å². The summed E-state index contributed by atoms with van der Waals surface area (Å²) in [4.78, 5) is 39.2. The van der Waals surface area contributed by atoms with Crippen molar-refractivity contribution in [2.75, 3.05) is 19.3 Å². The molecular formula is C19H26N4O3. The Balaban J connectivity index is 2.31. The number of ketones is 1. The normalized spacial score (nSPS) is 11.1. The molecule has 0 saturated carbocycles. The molecule has 1 heterocycles. The van der Waals surface area contributed by atoms with Crippen LogP contribution < -0.4 is 17.0 Å². The van der Waals surface area contributed by atoms with Crippen molar-refractivity contribution >= 4 is 11.6 Å². The van der Waals surface area contributed by atoms with Gasteiger partial charge in [-0.25, -0.2) is 4.79 Å². The summed E-state index contributed by atoms with van der Waals surface area (Å²) in [5.74, 6) is -0.432. The molecule has 2 rings (SSSR count). The van der Waals surface area contributed by atoms with E-state index in [1.165, 1.54) is 11.6 Å². The number of likely N-dealkylation sites (N-methyl/N-ethyl adjacent to an activating group) is 1. The van der Waals surface area contributed by atoms with Crippen LogP contribution in [0.4, 0.5) is 5.82 Å². The molecular weight excluding hydrogens is 332 g/mol. The Kier molecular flexibility index (Phi) is 6.15. The van der Waals surface area contributed by atoms with E-state index in [9.17, 15) is 14.4 Å². The third-order valence-electron chi connectivity index (χ3n) is 4.42. The number of carbonyl (C=O) groups excluding carboxylic acids is 1. The number of Topliss-reactive ketones (excluding diaryl/α,β-unsaturated/α-hetero) is 1. The highest BCUT2D eigenvalue weighted by Crippen LogP contribution is 2.11. The van der Waals surface area contributed by atoms with Crippen LogP contribution in [0.1, 0.15) is 34.8 Å². The molecule has 2 aromatic rings.